The molecule has 2 saturated heterocycles. The number of likely N-dealkylation sites (tertiary alicyclic amines) is 2. The lowest BCUT2D eigenvalue weighted by molar-refractivity contribution is -0.148. The molecule has 0 aliphatic carbocycles. The summed E-state index contributed by atoms with van der Waals surface area (Å²) in [6.07, 6.45) is 2.21. The molecule has 2 rings (SSSR count). The Morgan fingerprint density at radius 1 is 0.566 bits per heavy atom. The second kappa shape index (κ2) is 20.9. The summed E-state index contributed by atoms with van der Waals surface area (Å²) >= 11 is 0. The van der Waals surface area contributed by atoms with Crippen LogP contribution in [0.3, 0.4) is 0 Å². The fourth-order valence-electron chi connectivity index (χ4n) is 6.65. The highest BCUT2D eigenvalue weighted by molar-refractivity contribution is 6.01. The SMILES string of the molecule is CCC(C)C(NC(=O)C1CCCN1C(=O)CC(=O)N1CCCC1C(=O)NC(C(=O)NC(C(=O)OC)C(C)C)C(C)CC)C(=O)NC(C(=O)OC)C(C)C. The monoisotopic (exact) mass is 750 g/mol. The maximum atomic E-state index is 13.6. The van der Waals surface area contributed by atoms with Crippen molar-refractivity contribution < 1.29 is 47.8 Å². The summed E-state index contributed by atoms with van der Waals surface area (Å²) in [5.74, 6) is -5.66. The molecule has 16 heteroatoms. The molecule has 0 spiro atoms. The van der Waals surface area contributed by atoms with Gasteiger partial charge in [0.05, 0.1) is 14.2 Å². The van der Waals surface area contributed by atoms with Crippen molar-refractivity contribution in [3.63, 3.8) is 0 Å². The van der Waals surface area contributed by atoms with Crippen LogP contribution < -0.4 is 21.3 Å². The third kappa shape index (κ3) is 11.9. The lowest BCUT2D eigenvalue weighted by atomic mass is 9.96. The van der Waals surface area contributed by atoms with Crippen LogP contribution >= 0.6 is 0 Å². The predicted molar refractivity (Wildman–Crippen MR) is 194 cm³/mol. The van der Waals surface area contributed by atoms with Crippen LogP contribution in [0.1, 0.15) is 100 Å². The largest absolute Gasteiger partial charge is 0.467 e. The number of nitrogens with one attached hydrogen (secondary N) is 4. The lowest BCUT2D eigenvalue weighted by Gasteiger charge is -2.31. The van der Waals surface area contributed by atoms with Gasteiger partial charge in [-0.2, -0.15) is 0 Å². The summed E-state index contributed by atoms with van der Waals surface area (Å²) < 4.78 is 9.67. The molecular formula is C37H62N6O10. The van der Waals surface area contributed by atoms with Crippen molar-refractivity contribution in [2.24, 2.45) is 23.7 Å². The van der Waals surface area contributed by atoms with Crippen LogP contribution in [0.15, 0.2) is 0 Å². The van der Waals surface area contributed by atoms with Gasteiger partial charge in [0.2, 0.25) is 35.4 Å². The normalized spacial score (nSPS) is 20.5. The molecule has 0 saturated carbocycles. The fraction of sp³-hybridized carbons (Fsp3) is 0.784. The third-order valence-corrected chi connectivity index (χ3v) is 10.5. The van der Waals surface area contributed by atoms with E-state index in [1.165, 1.54) is 24.0 Å². The maximum Gasteiger partial charge on any atom is 0.328 e. The van der Waals surface area contributed by atoms with Gasteiger partial charge < -0.3 is 40.5 Å². The fourth-order valence-corrected chi connectivity index (χ4v) is 6.65. The molecule has 2 aliphatic heterocycles. The number of carbonyl (C=O) groups is 8. The minimum absolute atomic E-state index is 0.237. The van der Waals surface area contributed by atoms with E-state index in [1.807, 2.05) is 13.8 Å². The van der Waals surface area contributed by atoms with Crippen LogP contribution in [-0.4, -0.2) is 121 Å². The van der Waals surface area contributed by atoms with E-state index in [4.69, 9.17) is 9.47 Å². The van der Waals surface area contributed by atoms with E-state index < -0.39 is 90.1 Å². The number of esters is 2. The highest BCUT2D eigenvalue weighted by Gasteiger charge is 2.41. The molecule has 0 bridgehead atoms. The van der Waals surface area contributed by atoms with Gasteiger partial charge in [-0.1, -0.05) is 68.2 Å². The molecule has 53 heavy (non-hydrogen) atoms. The molecular weight excluding hydrogens is 688 g/mol. The van der Waals surface area contributed by atoms with E-state index in [2.05, 4.69) is 21.3 Å². The van der Waals surface area contributed by atoms with Crippen LogP contribution in [0.5, 0.6) is 0 Å². The quantitative estimate of drug-likeness (QED) is 0.116. The van der Waals surface area contributed by atoms with E-state index in [0.29, 0.717) is 38.5 Å². The van der Waals surface area contributed by atoms with Gasteiger partial charge in [0, 0.05) is 13.1 Å². The first-order valence-electron chi connectivity index (χ1n) is 18.9. The minimum atomic E-state index is -0.987. The highest BCUT2D eigenvalue weighted by Crippen LogP contribution is 2.23. The standard InChI is InChI=1S/C37H62N6O10/c1-11-22(7)30(34(48)38-28(20(3)4)36(50)52-9)40-32(46)24-15-13-17-42(24)26(44)19-27(45)43-18-14-16-25(43)33(47)41-31(23(8)12-2)35(49)39-29(21(5)6)37(51)53-10/h20-25,28-31H,11-19H2,1-10H3,(H,38,48)(H,39,49)(H,40,46)(H,41,47). The second-order valence-electron chi connectivity index (χ2n) is 14.9. The second-order valence-corrected chi connectivity index (χ2v) is 14.9. The van der Waals surface area contributed by atoms with Crippen molar-refractivity contribution in [1.82, 2.24) is 31.1 Å². The molecule has 0 aromatic carbocycles. The van der Waals surface area contributed by atoms with Crippen molar-refractivity contribution in [3.05, 3.63) is 0 Å². The van der Waals surface area contributed by atoms with Crippen LogP contribution in [0.2, 0.25) is 0 Å². The first-order chi connectivity index (χ1) is 24.9. The average molecular weight is 751 g/mol. The van der Waals surface area contributed by atoms with Crippen LogP contribution in [0.4, 0.5) is 0 Å². The predicted octanol–water partition coefficient (Wildman–Crippen LogP) is 1.05. The number of carbonyl (C=O) groups excluding carboxylic acids is 8. The third-order valence-electron chi connectivity index (χ3n) is 10.5. The van der Waals surface area contributed by atoms with Crippen LogP contribution in [-0.2, 0) is 47.8 Å². The summed E-state index contributed by atoms with van der Waals surface area (Å²) in [7, 11) is 2.46. The Labute approximate surface area is 313 Å². The molecule has 0 aromatic heterocycles. The molecule has 8 atom stereocenters. The number of methoxy groups -OCH3 is 2. The molecule has 0 radical (unpaired) electrons. The van der Waals surface area contributed by atoms with Gasteiger partial charge in [-0.25, -0.2) is 9.59 Å². The van der Waals surface area contributed by atoms with Crippen molar-refractivity contribution in [2.75, 3.05) is 27.3 Å². The molecule has 300 valence electrons. The van der Waals surface area contributed by atoms with Crippen LogP contribution in [0, 0.1) is 23.7 Å². The number of hydrogen-bond donors (Lipinski definition) is 4. The van der Waals surface area contributed by atoms with Gasteiger partial charge in [-0.05, 0) is 49.4 Å². The van der Waals surface area contributed by atoms with E-state index in [-0.39, 0.29) is 36.8 Å². The highest BCUT2D eigenvalue weighted by atomic mass is 16.5. The molecule has 2 heterocycles. The molecule has 6 amide bonds. The van der Waals surface area contributed by atoms with E-state index in [0.717, 1.165) is 0 Å². The van der Waals surface area contributed by atoms with Gasteiger partial charge in [-0.15, -0.1) is 0 Å². The summed E-state index contributed by atoms with van der Waals surface area (Å²) in [5, 5.41) is 11.0. The topological polar surface area (TPSA) is 210 Å². The molecule has 4 N–H and O–H groups in total. The molecule has 2 aliphatic rings. The van der Waals surface area contributed by atoms with Crippen molar-refractivity contribution in [1.29, 1.82) is 0 Å². The smallest absolute Gasteiger partial charge is 0.328 e. The molecule has 8 unspecified atom stereocenters. The molecule has 2 fully saturated rings. The average Bonchev–Trinajstić information content (AvgIpc) is 3.83. The van der Waals surface area contributed by atoms with Gasteiger partial charge in [0.1, 0.15) is 42.7 Å². The zero-order valence-electron chi connectivity index (χ0n) is 33.1. The van der Waals surface area contributed by atoms with Crippen molar-refractivity contribution in [3.8, 4) is 0 Å². The number of hydrogen-bond acceptors (Lipinski definition) is 10. The summed E-state index contributed by atoms with van der Waals surface area (Å²) in [6, 6.07) is -5.62. The molecule has 16 nitrogen and oxygen atoms in total. The zero-order valence-corrected chi connectivity index (χ0v) is 33.1. The van der Waals surface area contributed by atoms with Crippen molar-refractivity contribution in [2.45, 2.75) is 137 Å². The van der Waals surface area contributed by atoms with Crippen molar-refractivity contribution >= 4 is 47.4 Å². The first-order valence-corrected chi connectivity index (χ1v) is 18.9. The maximum absolute atomic E-state index is 13.6. The van der Waals surface area contributed by atoms with Gasteiger partial charge >= 0.3 is 11.9 Å². The molecule has 0 aromatic rings. The Morgan fingerprint density at radius 3 is 1.19 bits per heavy atom. The summed E-state index contributed by atoms with van der Waals surface area (Å²) in [5.41, 5.74) is 0. The van der Waals surface area contributed by atoms with E-state index >= 15 is 0 Å². The Hall–Kier alpha value is -4.24. The number of ether oxygens (including phenoxy) is 2. The Bertz CT molecular complexity index is 1240. The lowest BCUT2D eigenvalue weighted by Crippen LogP contribution is -2.58. The Morgan fingerprint density at radius 2 is 0.906 bits per heavy atom. The number of rotatable bonds is 18. The minimum Gasteiger partial charge on any atom is -0.467 e. The van der Waals surface area contributed by atoms with Gasteiger partial charge in [-0.3, -0.25) is 28.8 Å². The van der Waals surface area contributed by atoms with Gasteiger partial charge in [0.25, 0.3) is 0 Å². The zero-order chi connectivity index (χ0) is 40.2. The number of nitrogens with zero attached hydrogens (tertiary/aromatic N) is 2. The van der Waals surface area contributed by atoms with Crippen LogP contribution in [0.25, 0.3) is 0 Å². The first kappa shape index (κ1) is 44.9. The van der Waals surface area contributed by atoms with E-state index in [9.17, 15) is 38.4 Å². The summed E-state index contributed by atoms with van der Waals surface area (Å²) in [4.78, 5) is 108. The van der Waals surface area contributed by atoms with E-state index in [1.54, 1.807) is 41.5 Å². The Balaban J connectivity index is 2.14. The number of amides is 6. The summed E-state index contributed by atoms with van der Waals surface area (Å²) in [6.45, 7) is 14.9. The van der Waals surface area contributed by atoms with Gasteiger partial charge in [0.15, 0.2) is 0 Å². The Kier molecular flexibility index (Phi) is 17.7.